The van der Waals surface area contributed by atoms with Crippen LogP contribution >= 0.6 is 0 Å². The van der Waals surface area contributed by atoms with E-state index in [1.165, 1.54) is 17.5 Å². The van der Waals surface area contributed by atoms with Crippen LogP contribution in [0.4, 0.5) is 0 Å². The van der Waals surface area contributed by atoms with Gasteiger partial charge in [0.15, 0.2) is 12.0 Å². The van der Waals surface area contributed by atoms with Gasteiger partial charge in [-0.3, -0.25) is 0 Å². The lowest BCUT2D eigenvalue weighted by Crippen LogP contribution is -1.78. The van der Waals surface area contributed by atoms with Crippen LogP contribution in [-0.2, 0) is 0 Å². The summed E-state index contributed by atoms with van der Waals surface area (Å²) in [5.41, 5.74) is 4.23. The Balaban J connectivity index is 0.000000442. The zero-order valence-corrected chi connectivity index (χ0v) is 10.6. The van der Waals surface area contributed by atoms with Crippen LogP contribution in [0, 0.1) is 13.8 Å². The zero-order valence-electron chi connectivity index (χ0n) is 10.6. The van der Waals surface area contributed by atoms with Crippen molar-refractivity contribution in [1.29, 1.82) is 0 Å². The third kappa shape index (κ3) is 3.39. The third-order valence-electron chi connectivity index (χ3n) is 1.77. The molecule has 0 unspecified atom stereocenters. The summed E-state index contributed by atoms with van der Waals surface area (Å²) in [6, 6.07) is 4.10. The van der Waals surface area contributed by atoms with Crippen LogP contribution in [0.3, 0.4) is 0 Å². The summed E-state index contributed by atoms with van der Waals surface area (Å²) in [6.45, 7) is 12.1. The molecule has 0 spiro atoms. The van der Waals surface area contributed by atoms with Gasteiger partial charge in [-0.1, -0.05) is 33.8 Å². The largest absolute Gasteiger partial charge is 0.443 e. The van der Waals surface area contributed by atoms with Crippen molar-refractivity contribution in [2.24, 2.45) is 0 Å². The van der Waals surface area contributed by atoms with Gasteiger partial charge in [0, 0.05) is 0 Å². The predicted octanol–water partition coefficient (Wildman–Crippen LogP) is 4.50. The highest BCUT2D eigenvalue weighted by Crippen LogP contribution is 2.18. The molecule has 0 fully saturated rings. The smallest absolute Gasteiger partial charge is 0.181 e. The number of fused-ring (bicyclic) bond motifs is 1. The topological polar surface area (TPSA) is 26.0 Å². The van der Waals surface area contributed by atoms with Gasteiger partial charge in [-0.15, -0.1) is 0 Å². The molecule has 0 aliphatic carbocycles. The number of oxazole rings is 1. The Morgan fingerprint density at radius 2 is 1.60 bits per heavy atom. The van der Waals surface area contributed by atoms with E-state index in [1.54, 1.807) is 0 Å². The first-order valence-corrected chi connectivity index (χ1v) is 5.58. The predicted molar refractivity (Wildman–Crippen MR) is 66.2 cm³/mol. The van der Waals surface area contributed by atoms with Crippen molar-refractivity contribution in [2.45, 2.75) is 41.5 Å². The van der Waals surface area contributed by atoms with E-state index in [0.29, 0.717) is 0 Å². The van der Waals surface area contributed by atoms with Crippen LogP contribution in [-0.4, -0.2) is 4.98 Å². The summed E-state index contributed by atoms with van der Waals surface area (Å²) < 4.78 is 5.17. The second-order valence-corrected chi connectivity index (χ2v) is 2.78. The van der Waals surface area contributed by atoms with Gasteiger partial charge < -0.3 is 4.42 Å². The van der Waals surface area contributed by atoms with Crippen molar-refractivity contribution < 1.29 is 4.42 Å². The molecule has 0 saturated carbocycles. The lowest BCUT2D eigenvalue weighted by atomic mass is 10.1. The monoisotopic (exact) mass is 207 g/mol. The third-order valence-corrected chi connectivity index (χ3v) is 1.77. The summed E-state index contributed by atoms with van der Waals surface area (Å²) in [5, 5.41) is 0. The summed E-state index contributed by atoms with van der Waals surface area (Å²) in [6.07, 6.45) is 1.48. The highest BCUT2D eigenvalue weighted by molar-refractivity contribution is 5.76. The zero-order chi connectivity index (χ0) is 11.8. The van der Waals surface area contributed by atoms with Crippen molar-refractivity contribution in [1.82, 2.24) is 4.98 Å². The molecule has 0 aliphatic heterocycles. The first kappa shape index (κ1) is 13.7. The molecule has 1 heterocycles. The van der Waals surface area contributed by atoms with Crippen molar-refractivity contribution >= 4 is 11.1 Å². The molecule has 1 aromatic carbocycles. The molecule has 0 amide bonds. The normalized spacial score (nSPS) is 8.67. The minimum Gasteiger partial charge on any atom is -0.443 e. The Bertz CT molecular complexity index is 390. The molecule has 0 aliphatic rings. The quantitative estimate of drug-likeness (QED) is 0.635. The number of hydrogen-bond donors (Lipinski definition) is 0. The SMILES string of the molecule is CC.CC.Cc1cc(C)c2ncoc2c1. The van der Waals surface area contributed by atoms with E-state index in [9.17, 15) is 0 Å². The molecule has 2 nitrogen and oxygen atoms in total. The van der Waals surface area contributed by atoms with Crippen molar-refractivity contribution in [3.8, 4) is 0 Å². The van der Waals surface area contributed by atoms with Crippen molar-refractivity contribution in [3.63, 3.8) is 0 Å². The maximum absolute atomic E-state index is 5.17. The molecule has 0 bridgehead atoms. The summed E-state index contributed by atoms with van der Waals surface area (Å²) in [4.78, 5) is 4.09. The number of benzene rings is 1. The molecule has 0 saturated heterocycles. The Hall–Kier alpha value is -1.31. The molecular weight excluding hydrogens is 186 g/mol. The molecule has 0 N–H and O–H groups in total. The number of nitrogens with zero attached hydrogens (tertiary/aromatic N) is 1. The van der Waals surface area contributed by atoms with Crippen LogP contribution in [0.1, 0.15) is 38.8 Å². The van der Waals surface area contributed by atoms with Gasteiger partial charge in [0.25, 0.3) is 0 Å². The summed E-state index contributed by atoms with van der Waals surface area (Å²) in [7, 11) is 0. The molecule has 84 valence electrons. The molecule has 0 atom stereocenters. The fourth-order valence-electron chi connectivity index (χ4n) is 1.31. The fourth-order valence-corrected chi connectivity index (χ4v) is 1.31. The second-order valence-electron chi connectivity index (χ2n) is 2.78. The molecule has 15 heavy (non-hydrogen) atoms. The number of hydrogen-bond acceptors (Lipinski definition) is 2. The lowest BCUT2D eigenvalue weighted by Gasteiger charge is -1.94. The van der Waals surface area contributed by atoms with Crippen molar-refractivity contribution in [2.75, 3.05) is 0 Å². The maximum Gasteiger partial charge on any atom is 0.181 e. The molecule has 1 aromatic heterocycles. The average Bonchev–Trinajstić information content (AvgIpc) is 2.72. The minimum absolute atomic E-state index is 0.877. The fraction of sp³-hybridized carbons (Fsp3) is 0.462. The summed E-state index contributed by atoms with van der Waals surface area (Å²) in [5.74, 6) is 0. The van der Waals surface area contributed by atoms with Crippen LogP contribution in [0.2, 0.25) is 0 Å². The second kappa shape index (κ2) is 7.04. The first-order chi connectivity index (χ1) is 7.27. The van der Waals surface area contributed by atoms with Gasteiger partial charge in [-0.05, 0) is 31.0 Å². The van der Waals surface area contributed by atoms with Gasteiger partial charge in [-0.25, -0.2) is 4.98 Å². The van der Waals surface area contributed by atoms with Crippen LogP contribution in [0.5, 0.6) is 0 Å². The molecule has 2 aromatic rings. The van der Waals surface area contributed by atoms with Crippen molar-refractivity contribution in [3.05, 3.63) is 29.7 Å². The van der Waals surface area contributed by atoms with E-state index in [0.717, 1.165) is 11.1 Å². The number of rotatable bonds is 0. The Morgan fingerprint density at radius 3 is 2.20 bits per heavy atom. The number of aromatic nitrogens is 1. The highest BCUT2D eigenvalue weighted by atomic mass is 16.3. The van der Waals surface area contributed by atoms with Crippen LogP contribution < -0.4 is 0 Å². The molecular formula is C13H21NO. The van der Waals surface area contributed by atoms with E-state index in [4.69, 9.17) is 4.42 Å². The van der Waals surface area contributed by atoms with E-state index < -0.39 is 0 Å². The minimum atomic E-state index is 0.877. The van der Waals surface area contributed by atoms with E-state index >= 15 is 0 Å². The van der Waals surface area contributed by atoms with Gasteiger partial charge in [0.1, 0.15) is 5.52 Å². The molecule has 0 radical (unpaired) electrons. The Kier molecular flexibility index (Phi) is 6.43. The number of aryl methyl sites for hydroxylation is 2. The summed E-state index contributed by atoms with van der Waals surface area (Å²) >= 11 is 0. The van der Waals surface area contributed by atoms with E-state index in [1.807, 2.05) is 40.7 Å². The highest BCUT2D eigenvalue weighted by Gasteiger charge is 2.01. The van der Waals surface area contributed by atoms with Gasteiger partial charge in [0.2, 0.25) is 0 Å². The molecule has 2 rings (SSSR count). The standard InChI is InChI=1S/C9H9NO.2C2H6/c1-6-3-7(2)9-8(4-6)11-5-10-9;2*1-2/h3-5H,1-2H3;2*1-2H3. The maximum atomic E-state index is 5.17. The van der Waals surface area contributed by atoms with Gasteiger partial charge in [-0.2, -0.15) is 0 Å². The Labute approximate surface area is 92.3 Å². The van der Waals surface area contributed by atoms with Gasteiger partial charge >= 0.3 is 0 Å². The Morgan fingerprint density at radius 1 is 1.00 bits per heavy atom. The van der Waals surface area contributed by atoms with E-state index in [2.05, 4.69) is 18.0 Å². The lowest BCUT2D eigenvalue weighted by molar-refractivity contribution is 0.602. The van der Waals surface area contributed by atoms with E-state index in [-0.39, 0.29) is 0 Å². The molecule has 2 heteroatoms. The average molecular weight is 207 g/mol. The van der Waals surface area contributed by atoms with Crippen LogP contribution in [0.15, 0.2) is 22.9 Å². The van der Waals surface area contributed by atoms with Crippen LogP contribution in [0.25, 0.3) is 11.1 Å². The first-order valence-electron chi connectivity index (χ1n) is 5.58. The van der Waals surface area contributed by atoms with Gasteiger partial charge in [0.05, 0.1) is 0 Å².